The zero-order valence-corrected chi connectivity index (χ0v) is 70.9. The summed E-state index contributed by atoms with van der Waals surface area (Å²) >= 11 is 1.71. The third-order valence-corrected chi connectivity index (χ3v) is 18.8. The first-order valence-corrected chi connectivity index (χ1v) is 38.4. The fourth-order valence-electron chi connectivity index (χ4n) is 11.8. The summed E-state index contributed by atoms with van der Waals surface area (Å²) in [5.74, 6) is 4.81. The summed E-state index contributed by atoms with van der Waals surface area (Å²) < 4.78 is 43.9. The Morgan fingerprint density at radius 2 is 0.867 bits per heavy atom. The van der Waals surface area contributed by atoms with Crippen LogP contribution in [0.5, 0.6) is 40.2 Å². The van der Waals surface area contributed by atoms with Gasteiger partial charge in [0.25, 0.3) is 23.6 Å². The molecular weight excluding hydrogens is 1450 g/mol. The number of ether oxygens (including phenoxy) is 8. The molecule has 0 saturated heterocycles. The summed E-state index contributed by atoms with van der Waals surface area (Å²) in [4.78, 5) is 53.2. The second-order valence-corrected chi connectivity index (χ2v) is 28.6. The summed E-state index contributed by atoms with van der Waals surface area (Å²) in [7, 11) is 14.9. The van der Waals surface area contributed by atoms with Gasteiger partial charge in [-0.05, 0) is 202 Å². The largest absolute Gasteiger partial charge is 0.496 e. The number of thiazole rings is 1. The van der Waals surface area contributed by atoms with Crippen LogP contribution in [0.25, 0.3) is 33.0 Å². The van der Waals surface area contributed by atoms with E-state index in [1.807, 2.05) is 171 Å². The molecule has 3 aromatic heterocycles. The zero-order chi connectivity index (χ0) is 83.3. The molecule has 5 N–H and O–H groups in total. The molecule has 606 valence electrons. The van der Waals surface area contributed by atoms with Crippen LogP contribution < -0.4 is 54.4 Å². The van der Waals surface area contributed by atoms with Gasteiger partial charge in [0.05, 0.1) is 117 Å². The number of aliphatic hydroxyl groups is 1. The Kier molecular flexibility index (Phi) is 38.7. The van der Waals surface area contributed by atoms with Crippen molar-refractivity contribution in [1.29, 1.82) is 0 Å². The van der Waals surface area contributed by atoms with Gasteiger partial charge in [0.2, 0.25) is 0 Å². The third kappa shape index (κ3) is 28.5. The van der Waals surface area contributed by atoms with E-state index in [0.29, 0.717) is 64.4 Å². The Bertz CT molecular complexity index is 4660. The van der Waals surface area contributed by atoms with E-state index in [2.05, 4.69) is 73.6 Å². The molecule has 3 heterocycles. The number of hydrogen-bond donors (Lipinski definition) is 5. The molecule has 10 aromatic rings. The molecule has 1 aliphatic carbocycles. The van der Waals surface area contributed by atoms with Crippen LogP contribution in [0.15, 0.2) is 152 Å². The predicted molar refractivity (Wildman–Crippen MR) is 452 cm³/mol. The van der Waals surface area contributed by atoms with Crippen molar-refractivity contribution >= 4 is 35.0 Å². The Labute approximate surface area is 672 Å². The number of hydrogen-bond acceptors (Lipinski definition) is 18. The van der Waals surface area contributed by atoms with Gasteiger partial charge in [-0.1, -0.05) is 111 Å². The average molecular weight is 1570 g/mol. The number of nitrogens with one attached hydrogen (secondary N) is 4. The van der Waals surface area contributed by atoms with Gasteiger partial charge in [-0.15, -0.1) is 11.3 Å². The topological polar surface area (TPSA) is 267 Å². The number of aryl methyl sites for hydroxylation is 11. The van der Waals surface area contributed by atoms with Crippen molar-refractivity contribution in [1.82, 2.24) is 46.2 Å². The molecule has 1 saturated carbocycles. The van der Waals surface area contributed by atoms with Crippen molar-refractivity contribution in [2.45, 2.75) is 140 Å². The van der Waals surface area contributed by atoms with E-state index in [-0.39, 0.29) is 30.2 Å². The van der Waals surface area contributed by atoms with Gasteiger partial charge >= 0.3 is 0 Å². The first-order valence-electron chi connectivity index (χ1n) is 37.6. The molecule has 0 unspecified atom stereocenters. The molecule has 1 fully saturated rings. The van der Waals surface area contributed by atoms with E-state index < -0.39 is 5.60 Å². The quantitative estimate of drug-likeness (QED) is 0.0333. The highest BCUT2D eigenvalue weighted by molar-refractivity contribution is 7.15. The van der Waals surface area contributed by atoms with Crippen molar-refractivity contribution in [3.05, 3.63) is 229 Å². The highest BCUT2D eigenvalue weighted by Crippen LogP contribution is 2.39. The average Bonchev–Trinajstić information content (AvgIpc) is 1.69. The lowest BCUT2D eigenvalue weighted by atomic mass is 10.1. The molecular formula is C90H117N9O13S. The number of unbranched alkanes of at least 4 members (excludes halogenated alkanes) is 3. The van der Waals surface area contributed by atoms with Crippen LogP contribution >= 0.6 is 11.3 Å². The number of nitrogens with zero attached hydrogens (tertiary/aromatic N) is 5. The normalized spacial score (nSPS) is 11.0. The standard InChI is InChI=1S/C15H23NO2.C13H14N2O.C13H19NO3.C13H15NOS.C12H14N2O.C12H17NO3.C12H15NO2/c1-4-5-6-7-11-16-15(17)13-10-8-9-12(2)14(13)18-3;1-9-5-4-6-11(13(9)16-3)12-8-7-10(2)14-15-12;1-9-6-5-7-10(11(9)17-4)12(15)14-8-13(2,3)16;1-8-6-5-7-11(12(8)15-4)13-9(2)14-10(3)16-13;1-9-5-4-6-10(12(9)15-3)11-7-8-13-14(11)2;1-9-5-4-6-10(11(9)16-3)12(14)13-7-8-15-2;1-8-4-3-5-10(11(8)15-2)12(14)13-9-6-7-9/h8-10H,4-7,11H2,1-3H3,(H,16,17);4-8H,1-3H3;5-7,16H,8H2,1-4H3,(H,14,15);5-7H,1-4H3;4-8H,1-3H3;4-6H,7-8H2,1-3H3,(H,13,14);3-5,9H,6-7H2,1-2H3,(H,13,14). The smallest absolute Gasteiger partial charge is 0.255 e. The molecule has 23 heteroatoms. The maximum absolute atomic E-state index is 12.0. The number of para-hydroxylation sites is 7. The number of carbonyl (C=O) groups is 4. The summed E-state index contributed by atoms with van der Waals surface area (Å²) in [5, 5.41) is 34.3. The molecule has 1 aliphatic rings. The van der Waals surface area contributed by atoms with Crippen LogP contribution in [-0.4, -0.2) is 148 Å². The fraction of sp³-hybridized carbons (Fsp3) is 0.378. The molecule has 0 radical (unpaired) electrons. The highest BCUT2D eigenvalue weighted by Gasteiger charge is 2.26. The Balaban J connectivity index is 0.000000236. The van der Waals surface area contributed by atoms with Crippen LogP contribution in [0.4, 0.5) is 0 Å². The SMILES string of the molecule is CCCCCCNC(=O)c1cccc(C)c1OC.COCCNC(=O)c1cccc(C)c1OC.COc1c(C)cccc1-c1ccc(C)nn1.COc1c(C)cccc1-c1ccnn1C.COc1c(C)cccc1-c1sc(C)nc1C.COc1c(C)cccc1C(=O)NC1CC1.COc1c(C)cccc1C(=O)NCC(C)(C)O. The van der Waals surface area contributed by atoms with Crippen LogP contribution in [0.1, 0.15) is 156 Å². The van der Waals surface area contributed by atoms with E-state index in [0.717, 1.165) is 126 Å². The zero-order valence-electron chi connectivity index (χ0n) is 70.1. The van der Waals surface area contributed by atoms with Gasteiger partial charge in [-0.2, -0.15) is 15.3 Å². The van der Waals surface area contributed by atoms with Gasteiger partial charge in [-0.3, -0.25) is 23.9 Å². The lowest BCUT2D eigenvalue weighted by Gasteiger charge is -2.18. The molecule has 113 heavy (non-hydrogen) atoms. The molecule has 0 aliphatic heterocycles. The van der Waals surface area contributed by atoms with Crippen LogP contribution in [0.3, 0.4) is 0 Å². The lowest BCUT2D eigenvalue weighted by Crippen LogP contribution is -2.38. The minimum Gasteiger partial charge on any atom is -0.496 e. The second kappa shape index (κ2) is 47.3. The van der Waals surface area contributed by atoms with Gasteiger partial charge in [0.1, 0.15) is 40.2 Å². The van der Waals surface area contributed by atoms with Crippen molar-refractivity contribution in [3.63, 3.8) is 0 Å². The van der Waals surface area contributed by atoms with Crippen molar-refractivity contribution in [2.24, 2.45) is 7.05 Å². The minimum atomic E-state index is -0.924. The number of aromatic nitrogens is 5. The third-order valence-electron chi connectivity index (χ3n) is 17.7. The van der Waals surface area contributed by atoms with Crippen molar-refractivity contribution < 1.29 is 62.2 Å². The molecule has 4 amide bonds. The van der Waals surface area contributed by atoms with E-state index in [9.17, 15) is 24.3 Å². The summed E-state index contributed by atoms with van der Waals surface area (Å²) in [6, 6.07) is 46.7. The Morgan fingerprint density at radius 1 is 0.469 bits per heavy atom. The number of carbonyl (C=O) groups excluding carboxylic acids is 4. The van der Waals surface area contributed by atoms with E-state index >= 15 is 0 Å². The van der Waals surface area contributed by atoms with Gasteiger partial charge in [-0.25, -0.2) is 4.98 Å². The van der Waals surface area contributed by atoms with Gasteiger partial charge in [0.15, 0.2) is 0 Å². The minimum absolute atomic E-state index is 0.0296. The summed E-state index contributed by atoms with van der Waals surface area (Å²) in [6.07, 6.45) is 8.62. The molecule has 7 aromatic carbocycles. The fourth-order valence-corrected chi connectivity index (χ4v) is 12.8. The number of benzene rings is 7. The predicted octanol–water partition coefficient (Wildman–Crippen LogP) is 17.0. The Morgan fingerprint density at radius 3 is 1.25 bits per heavy atom. The molecule has 22 nitrogen and oxygen atoms in total. The second-order valence-electron chi connectivity index (χ2n) is 27.4. The maximum Gasteiger partial charge on any atom is 0.255 e. The van der Waals surface area contributed by atoms with E-state index in [1.165, 1.54) is 31.2 Å². The molecule has 0 spiro atoms. The number of amides is 4. The van der Waals surface area contributed by atoms with Crippen molar-refractivity contribution in [3.8, 4) is 73.2 Å². The van der Waals surface area contributed by atoms with Crippen LogP contribution in [0, 0.1) is 69.2 Å². The lowest BCUT2D eigenvalue weighted by molar-refractivity contribution is 0.0693. The Hall–Kier alpha value is -11.1. The van der Waals surface area contributed by atoms with E-state index in [1.54, 1.807) is 111 Å². The summed E-state index contributed by atoms with van der Waals surface area (Å²) in [5.41, 5.74) is 15.7. The van der Waals surface area contributed by atoms with E-state index in [4.69, 9.17) is 37.9 Å². The monoisotopic (exact) mass is 1560 g/mol. The molecule has 11 rings (SSSR count). The first kappa shape index (κ1) is 92.5. The van der Waals surface area contributed by atoms with Gasteiger partial charge < -0.3 is 64.3 Å². The number of rotatable bonds is 25. The van der Waals surface area contributed by atoms with Gasteiger partial charge in [0, 0.05) is 62.7 Å². The van der Waals surface area contributed by atoms with Crippen LogP contribution in [0.2, 0.25) is 0 Å². The first-order chi connectivity index (χ1) is 54.1. The summed E-state index contributed by atoms with van der Waals surface area (Å²) in [6.45, 7) is 27.2. The number of methoxy groups -OCH3 is 8. The highest BCUT2D eigenvalue weighted by atomic mass is 32.1. The van der Waals surface area contributed by atoms with Crippen molar-refractivity contribution in [2.75, 3.05) is 83.1 Å². The molecule has 0 atom stereocenters. The molecule has 0 bridgehead atoms. The maximum atomic E-state index is 12.0. The van der Waals surface area contributed by atoms with Crippen LogP contribution in [-0.2, 0) is 11.8 Å².